The minimum atomic E-state index is -0.609. The summed E-state index contributed by atoms with van der Waals surface area (Å²) in [6, 6.07) is 14.4. The molecule has 1 aromatic heterocycles. The molecule has 0 aliphatic carbocycles. The number of aryl methyl sites for hydroxylation is 1. The maximum Gasteiger partial charge on any atom is 0.307 e. The van der Waals surface area contributed by atoms with Crippen molar-refractivity contribution in [2.24, 2.45) is 0 Å². The molecule has 1 atom stereocenters. The van der Waals surface area contributed by atoms with E-state index in [1.807, 2.05) is 48.7 Å². The highest BCUT2D eigenvalue weighted by Crippen LogP contribution is 2.36. The van der Waals surface area contributed by atoms with Crippen molar-refractivity contribution in [3.63, 3.8) is 0 Å². The number of thioether (sulfide) groups is 1. The second-order valence-electron chi connectivity index (χ2n) is 7.60. The molecule has 0 unspecified atom stereocenters. The molecular weight excluding hydrogens is 483 g/mol. The fraction of sp³-hybridized carbons (Fsp3) is 0.208. The fourth-order valence-electron chi connectivity index (χ4n) is 3.73. The number of para-hydroxylation sites is 1. The van der Waals surface area contributed by atoms with E-state index < -0.39 is 17.8 Å². The average molecular weight is 503 g/mol. The molecule has 1 amide bonds. The van der Waals surface area contributed by atoms with Crippen LogP contribution in [-0.2, 0) is 14.3 Å². The summed E-state index contributed by atoms with van der Waals surface area (Å²) >= 11 is 13.5. The lowest BCUT2D eigenvalue weighted by molar-refractivity contribution is -0.143. The molecule has 0 spiro atoms. The van der Waals surface area contributed by atoms with Crippen LogP contribution in [0, 0.1) is 13.8 Å². The molecule has 3 aromatic rings. The van der Waals surface area contributed by atoms with Gasteiger partial charge in [-0.3, -0.25) is 14.4 Å². The molecule has 0 saturated heterocycles. The smallest absolute Gasteiger partial charge is 0.307 e. The molecule has 0 radical (unpaired) electrons. The first kappa shape index (κ1) is 23.4. The largest absolute Gasteiger partial charge is 0.457 e. The lowest BCUT2D eigenvalue weighted by atomic mass is 10.1. The van der Waals surface area contributed by atoms with Crippen LogP contribution in [0.5, 0.6) is 0 Å². The first-order valence-electron chi connectivity index (χ1n) is 10.1. The number of fused-ring (bicyclic) bond motifs is 1. The summed E-state index contributed by atoms with van der Waals surface area (Å²) in [5.41, 5.74) is 3.48. The normalized spacial score (nSPS) is 15.0. The van der Waals surface area contributed by atoms with Gasteiger partial charge in [-0.2, -0.15) is 0 Å². The van der Waals surface area contributed by atoms with Crippen LogP contribution in [0.2, 0.25) is 10.0 Å². The summed E-state index contributed by atoms with van der Waals surface area (Å²) in [4.78, 5) is 38.3. The molecule has 6 nitrogen and oxygen atoms in total. The van der Waals surface area contributed by atoms with Gasteiger partial charge in [-0.1, -0.05) is 35.3 Å². The maximum atomic E-state index is 12.8. The Bertz CT molecular complexity index is 1270. The van der Waals surface area contributed by atoms with Crippen LogP contribution in [0.4, 0.5) is 5.69 Å². The minimum absolute atomic E-state index is 0.125. The number of halogens is 2. The highest BCUT2D eigenvalue weighted by Gasteiger charge is 2.29. The number of amides is 1. The van der Waals surface area contributed by atoms with Crippen molar-refractivity contribution in [2.45, 2.75) is 30.4 Å². The molecule has 1 aliphatic rings. The lowest BCUT2D eigenvalue weighted by Gasteiger charge is -2.23. The van der Waals surface area contributed by atoms with Gasteiger partial charge in [0.2, 0.25) is 11.7 Å². The van der Waals surface area contributed by atoms with Crippen molar-refractivity contribution in [1.29, 1.82) is 0 Å². The molecule has 2 aromatic carbocycles. The van der Waals surface area contributed by atoms with Crippen LogP contribution in [0.3, 0.4) is 0 Å². The molecule has 1 aliphatic heterocycles. The number of aromatic nitrogens is 1. The van der Waals surface area contributed by atoms with E-state index in [1.54, 1.807) is 18.2 Å². The monoisotopic (exact) mass is 502 g/mol. The number of Topliss-reactive ketones (excluding diaryl/α,β-unsaturated/α-hetero) is 1. The van der Waals surface area contributed by atoms with Crippen molar-refractivity contribution in [3.05, 3.63) is 75.5 Å². The van der Waals surface area contributed by atoms with Crippen molar-refractivity contribution in [1.82, 2.24) is 4.57 Å². The van der Waals surface area contributed by atoms with Gasteiger partial charge in [0.25, 0.3) is 0 Å². The number of hydrogen-bond donors (Lipinski definition) is 1. The van der Waals surface area contributed by atoms with Crippen LogP contribution in [0.1, 0.15) is 28.2 Å². The molecule has 170 valence electrons. The number of benzene rings is 2. The number of ketones is 1. The second kappa shape index (κ2) is 9.63. The van der Waals surface area contributed by atoms with Gasteiger partial charge in [0.15, 0.2) is 6.61 Å². The predicted octanol–water partition coefficient (Wildman–Crippen LogP) is 5.63. The highest BCUT2D eigenvalue weighted by atomic mass is 35.5. The van der Waals surface area contributed by atoms with Crippen LogP contribution in [-0.4, -0.2) is 34.1 Å². The Hall–Kier alpha value is -2.74. The summed E-state index contributed by atoms with van der Waals surface area (Å²) in [7, 11) is 0. The Morgan fingerprint density at radius 1 is 1.09 bits per heavy atom. The Morgan fingerprint density at radius 2 is 1.85 bits per heavy atom. The average Bonchev–Trinajstić information content (AvgIpc) is 3.08. The van der Waals surface area contributed by atoms with Crippen LogP contribution < -0.4 is 5.32 Å². The summed E-state index contributed by atoms with van der Waals surface area (Å²) in [5, 5.41) is 3.04. The molecule has 4 rings (SSSR count). The van der Waals surface area contributed by atoms with E-state index in [2.05, 4.69) is 5.32 Å². The Kier molecular flexibility index (Phi) is 6.83. The SMILES string of the molecule is Cc1cc(C(=O)COC(=O)C[C@@H]2Sc3ccccc3NC2=O)c(C)n1-c1ccc(Cl)c(Cl)c1. The number of carbonyl (C=O) groups is 3. The second-order valence-corrected chi connectivity index (χ2v) is 9.66. The Balaban J connectivity index is 1.40. The van der Waals surface area contributed by atoms with E-state index in [1.165, 1.54) is 11.8 Å². The maximum absolute atomic E-state index is 12.8. The van der Waals surface area contributed by atoms with Gasteiger partial charge in [0.1, 0.15) is 0 Å². The van der Waals surface area contributed by atoms with E-state index in [-0.39, 0.29) is 18.1 Å². The summed E-state index contributed by atoms with van der Waals surface area (Å²) in [6.45, 7) is 3.28. The molecule has 2 heterocycles. The van der Waals surface area contributed by atoms with Crippen molar-refractivity contribution < 1.29 is 19.1 Å². The third kappa shape index (κ3) is 4.95. The predicted molar refractivity (Wildman–Crippen MR) is 130 cm³/mol. The minimum Gasteiger partial charge on any atom is -0.457 e. The molecular formula is C24H20Cl2N2O4S. The highest BCUT2D eigenvalue weighted by molar-refractivity contribution is 8.01. The van der Waals surface area contributed by atoms with E-state index in [0.717, 1.165) is 22.0 Å². The zero-order chi connectivity index (χ0) is 23.7. The van der Waals surface area contributed by atoms with E-state index in [4.69, 9.17) is 27.9 Å². The molecule has 1 N–H and O–H groups in total. The third-order valence-electron chi connectivity index (χ3n) is 5.32. The van der Waals surface area contributed by atoms with Crippen LogP contribution in [0.25, 0.3) is 5.69 Å². The number of nitrogens with zero attached hydrogens (tertiary/aromatic N) is 1. The third-order valence-corrected chi connectivity index (χ3v) is 7.33. The summed E-state index contributed by atoms with van der Waals surface area (Å²) < 4.78 is 7.10. The Morgan fingerprint density at radius 3 is 2.61 bits per heavy atom. The van der Waals surface area contributed by atoms with Crippen molar-refractivity contribution >= 4 is 58.3 Å². The first-order valence-corrected chi connectivity index (χ1v) is 11.8. The number of anilines is 1. The number of rotatable bonds is 6. The topological polar surface area (TPSA) is 77.4 Å². The zero-order valence-corrected chi connectivity index (χ0v) is 20.2. The van der Waals surface area contributed by atoms with Gasteiger partial charge in [-0.15, -0.1) is 11.8 Å². The number of esters is 1. The number of hydrogen-bond acceptors (Lipinski definition) is 5. The number of carbonyl (C=O) groups excluding carboxylic acids is 3. The fourth-order valence-corrected chi connectivity index (χ4v) is 5.12. The zero-order valence-electron chi connectivity index (χ0n) is 17.9. The van der Waals surface area contributed by atoms with Gasteiger partial charge in [0.05, 0.1) is 27.4 Å². The molecule has 0 bridgehead atoms. The van der Waals surface area contributed by atoms with Crippen molar-refractivity contribution in [2.75, 3.05) is 11.9 Å². The molecule has 0 fully saturated rings. The van der Waals surface area contributed by atoms with E-state index >= 15 is 0 Å². The Labute approximate surface area is 205 Å². The number of ether oxygens (including phenoxy) is 1. The van der Waals surface area contributed by atoms with Gasteiger partial charge >= 0.3 is 5.97 Å². The van der Waals surface area contributed by atoms with Gasteiger partial charge in [-0.05, 0) is 50.2 Å². The summed E-state index contributed by atoms with van der Waals surface area (Å²) in [5.74, 6) is -1.19. The molecule has 0 saturated carbocycles. The van der Waals surface area contributed by atoms with Crippen LogP contribution in [0.15, 0.2) is 53.4 Å². The lowest BCUT2D eigenvalue weighted by Crippen LogP contribution is -2.31. The standard InChI is InChI=1S/C24H20Cl2N2O4S/c1-13-9-16(14(2)28(13)15-7-8-17(25)18(26)10-15)20(29)12-32-23(30)11-22-24(31)27-19-5-3-4-6-21(19)33-22/h3-10,22H,11-12H2,1-2H3,(H,27,31)/t22-/m0/s1. The number of nitrogens with one attached hydrogen (secondary N) is 1. The first-order chi connectivity index (χ1) is 15.7. The summed E-state index contributed by atoms with van der Waals surface area (Å²) in [6.07, 6.45) is -0.125. The van der Waals surface area contributed by atoms with Gasteiger partial charge < -0.3 is 14.6 Å². The quantitative estimate of drug-likeness (QED) is 0.349. The molecule has 9 heteroatoms. The molecule has 33 heavy (non-hydrogen) atoms. The van der Waals surface area contributed by atoms with Crippen molar-refractivity contribution in [3.8, 4) is 5.69 Å². The van der Waals surface area contributed by atoms with E-state index in [9.17, 15) is 14.4 Å². The van der Waals surface area contributed by atoms with Crippen LogP contribution >= 0.6 is 35.0 Å². The van der Waals surface area contributed by atoms with Gasteiger partial charge in [-0.25, -0.2) is 0 Å². The van der Waals surface area contributed by atoms with E-state index in [0.29, 0.717) is 21.3 Å². The van der Waals surface area contributed by atoms with Gasteiger partial charge in [0, 0.05) is 27.5 Å².